The summed E-state index contributed by atoms with van der Waals surface area (Å²) < 4.78 is 14.3. The molecule has 1 heterocycles. The lowest BCUT2D eigenvalue weighted by atomic mass is 9.95. The Labute approximate surface area is 126 Å². The zero-order valence-electron chi connectivity index (χ0n) is 10.5. The normalized spacial score (nSPS) is 19.5. The summed E-state index contributed by atoms with van der Waals surface area (Å²) in [6.07, 6.45) is 2.96. The summed E-state index contributed by atoms with van der Waals surface area (Å²) in [6, 6.07) is 4.81. The predicted molar refractivity (Wildman–Crippen MR) is 78.1 cm³/mol. The number of amides is 1. The highest BCUT2D eigenvalue weighted by Gasteiger charge is 2.26. The van der Waals surface area contributed by atoms with Crippen LogP contribution in [0.4, 0.5) is 4.39 Å². The molecule has 1 fully saturated rings. The van der Waals surface area contributed by atoms with Crippen molar-refractivity contribution in [2.24, 2.45) is 5.92 Å². The minimum Gasteiger partial charge on any atom is -0.338 e. The molecule has 0 saturated carbocycles. The molecule has 1 aromatic carbocycles. The van der Waals surface area contributed by atoms with E-state index in [2.05, 4.69) is 15.9 Å². The number of nitrogens with zero attached hydrogens (tertiary/aromatic N) is 1. The average Bonchev–Trinajstić information content (AvgIpc) is 2.42. The van der Waals surface area contributed by atoms with Crippen molar-refractivity contribution in [3.8, 4) is 0 Å². The molecule has 0 bridgehead atoms. The van der Waals surface area contributed by atoms with Gasteiger partial charge in [0.2, 0.25) is 0 Å². The van der Waals surface area contributed by atoms with Gasteiger partial charge in [-0.2, -0.15) is 0 Å². The van der Waals surface area contributed by atoms with Crippen LogP contribution >= 0.6 is 27.5 Å². The Balaban J connectivity index is 2.12. The summed E-state index contributed by atoms with van der Waals surface area (Å²) in [5, 5.41) is 0. The van der Waals surface area contributed by atoms with Crippen molar-refractivity contribution in [2.45, 2.75) is 19.3 Å². The fraction of sp³-hybridized carbons (Fsp3) is 0.500. The standard InChI is InChI=1S/C14H16BrClFNO/c15-12-5-1-4-11(13(12)17)14(19)18-8-2-3-10(9-18)6-7-16/h1,4-5,10H,2-3,6-9H2. The zero-order valence-corrected chi connectivity index (χ0v) is 12.9. The van der Waals surface area contributed by atoms with Gasteiger partial charge in [-0.15, -0.1) is 11.6 Å². The molecular formula is C14H16BrClFNO. The third-order valence-electron chi connectivity index (χ3n) is 3.51. The van der Waals surface area contributed by atoms with Crippen LogP contribution in [0.25, 0.3) is 0 Å². The summed E-state index contributed by atoms with van der Waals surface area (Å²) in [5.74, 6) is 0.341. The number of benzene rings is 1. The molecule has 104 valence electrons. The summed E-state index contributed by atoms with van der Waals surface area (Å²) in [5.41, 5.74) is 0.140. The number of halogens is 3. The largest absolute Gasteiger partial charge is 0.338 e. The van der Waals surface area contributed by atoms with Crippen LogP contribution in [0.5, 0.6) is 0 Å². The van der Waals surface area contributed by atoms with Gasteiger partial charge in [-0.05, 0) is 53.2 Å². The van der Waals surface area contributed by atoms with Crippen molar-refractivity contribution >= 4 is 33.4 Å². The molecule has 0 aromatic heterocycles. The Morgan fingerprint density at radius 3 is 3.05 bits per heavy atom. The smallest absolute Gasteiger partial charge is 0.256 e. The van der Waals surface area contributed by atoms with Gasteiger partial charge in [0.15, 0.2) is 0 Å². The first-order valence-electron chi connectivity index (χ1n) is 6.42. The number of carbonyl (C=O) groups is 1. The van der Waals surface area contributed by atoms with Crippen LogP contribution in [0.15, 0.2) is 22.7 Å². The molecule has 1 unspecified atom stereocenters. The fourth-order valence-corrected chi connectivity index (χ4v) is 3.15. The molecular weight excluding hydrogens is 333 g/mol. The van der Waals surface area contributed by atoms with Gasteiger partial charge in [-0.3, -0.25) is 4.79 Å². The topological polar surface area (TPSA) is 20.3 Å². The molecule has 2 nitrogen and oxygen atoms in total. The predicted octanol–water partition coefficient (Wildman–Crippen LogP) is 4.07. The Kier molecular flexibility index (Phi) is 5.22. The van der Waals surface area contributed by atoms with Gasteiger partial charge in [0.25, 0.3) is 5.91 Å². The summed E-state index contributed by atoms with van der Waals surface area (Å²) >= 11 is 8.87. The number of carbonyl (C=O) groups excluding carboxylic acids is 1. The van der Waals surface area contributed by atoms with Crippen LogP contribution in [0.1, 0.15) is 29.6 Å². The second kappa shape index (κ2) is 6.71. The van der Waals surface area contributed by atoms with Crippen LogP contribution in [-0.2, 0) is 0 Å². The first kappa shape index (κ1) is 14.8. The molecule has 0 radical (unpaired) electrons. The number of hydrogen-bond acceptors (Lipinski definition) is 1. The van der Waals surface area contributed by atoms with Gasteiger partial charge in [-0.1, -0.05) is 6.07 Å². The van der Waals surface area contributed by atoms with Crippen LogP contribution in [0, 0.1) is 11.7 Å². The van der Waals surface area contributed by atoms with E-state index in [1.165, 1.54) is 6.07 Å². The molecule has 1 aliphatic heterocycles. The van der Waals surface area contributed by atoms with Crippen molar-refractivity contribution in [3.05, 3.63) is 34.1 Å². The summed E-state index contributed by atoms with van der Waals surface area (Å²) in [7, 11) is 0. The third-order valence-corrected chi connectivity index (χ3v) is 4.34. The van der Waals surface area contributed by atoms with E-state index in [0.29, 0.717) is 29.4 Å². The van der Waals surface area contributed by atoms with Crippen molar-refractivity contribution < 1.29 is 9.18 Å². The van der Waals surface area contributed by atoms with Crippen LogP contribution in [0.2, 0.25) is 0 Å². The van der Waals surface area contributed by atoms with E-state index in [1.54, 1.807) is 17.0 Å². The molecule has 2 rings (SSSR count). The molecule has 1 saturated heterocycles. The van der Waals surface area contributed by atoms with E-state index in [9.17, 15) is 9.18 Å². The summed E-state index contributed by atoms with van der Waals surface area (Å²) in [4.78, 5) is 14.1. The minimum absolute atomic E-state index is 0.140. The van der Waals surface area contributed by atoms with Gasteiger partial charge in [-0.25, -0.2) is 4.39 Å². The van der Waals surface area contributed by atoms with Crippen molar-refractivity contribution in [3.63, 3.8) is 0 Å². The maximum Gasteiger partial charge on any atom is 0.256 e. The van der Waals surface area contributed by atoms with Gasteiger partial charge < -0.3 is 4.90 Å². The van der Waals surface area contributed by atoms with E-state index >= 15 is 0 Å². The highest BCUT2D eigenvalue weighted by molar-refractivity contribution is 9.10. The lowest BCUT2D eigenvalue weighted by Crippen LogP contribution is -2.40. The lowest BCUT2D eigenvalue weighted by Gasteiger charge is -2.32. The lowest BCUT2D eigenvalue weighted by molar-refractivity contribution is 0.0666. The SMILES string of the molecule is O=C(c1cccc(Br)c1F)N1CCCC(CCCl)C1. The Morgan fingerprint density at radius 2 is 2.32 bits per heavy atom. The molecule has 1 atom stereocenters. The first-order valence-corrected chi connectivity index (χ1v) is 7.75. The maximum absolute atomic E-state index is 13.9. The van der Waals surface area contributed by atoms with Crippen LogP contribution in [0.3, 0.4) is 0 Å². The van der Waals surface area contributed by atoms with Crippen molar-refractivity contribution in [1.82, 2.24) is 4.90 Å². The number of hydrogen-bond donors (Lipinski definition) is 0. The van der Waals surface area contributed by atoms with Crippen molar-refractivity contribution in [2.75, 3.05) is 19.0 Å². The monoisotopic (exact) mass is 347 g/mol. The molecule has 1 aliphatic rings. The molecule has 1 amide bonds. The van der Waals surface area contributed by atoms with Gasteiger partial charge in [0.1, 0.15) is 5.82 Å². The quantitative estimate of drug-likeness (QED) is 0.754. The van der Waals surface area contributed by atoms with E-state index in [0.717, 1.165) is 19.3 Å². The van der Waals surface area contributed by atoms with Crippen molar-refractivity contribution in [1.29, 1.82) is 0 Å². The second-order valence-electron chi connectivity index (χ2n) is 4.84. The van der Waals surface area contributed by atoms with E-state index in [1.807, 2.05) is 0 Å². The van der Waals surface area contributed by atoms with E-state index in [4.69, 9.17) is 11.6 Å². The van der Waals surface area contributed by atoms with Gasteiger partial charge in [0, 0.05) is 19.0 Å². The highest BCUT2D eigenvalue weighted by atomic mass is 79.9. The molecule has 19 heavy (non-hydrogen) atoms. The third kappa shape index (κ3) is 3.48. The number of likely N-dealkylation sites (tertiary alicyclic amines) is 1. The van der Waals surface area contributed by atoms with Crippen LogP contribution in [-0.4, -0.2) is 29.8 Å². The van der Waals surface area contributed by atoms with Gasteiger partial charge in [0.05, 0.1) is 10.0 Å². The van der Waals surface area contributed by atoms with Gasteiger partial charge >= 0.3 is 0 Å². The van der Waals surface area contributed by atoms with Crippen LogP contribution < -0.4 is 0 Å². The molecule has 0 aliphatic carbocycles. The number of alkyl halides is 1. The molecule has 0 N–H and O–H groups in total. The highest BCUT2D eigenvalue weighted by Crippen LogP contribution is 2.24. The number of rotatable bonds is 3. The number of piperidine rings is 1. The fourth-order valence-electron chi connectivity index (χ4n) is 2.48. The van der Waals surface area contributed by atoms with E-state index < -0.39 is 5.82 Å². The summed E-state index contributed by atoms with van der Waals surface area (Å²) in [6.45, 7) is 1.38. The second-order valence-corrected chi connectivity index (χ2v) is 6.07. The zero-order chi connectivity index (χ0) is 13.8. The van der Waals surface area contributed by atoms with E-state index in [-0.39, 0.29) is 11.5 Å². The minimum atomic E-state index is -0.480. The average molecular weight is 349 g/mol. The molecule has 1 aromatic rings. The maximum atomic E-state index is 13.9. The molecule has 0 spiro atoms. The first-order chi connectivity index (χ1) is 9.13. The Hall–Kier alpha value is -0.610. The Morgan fingerprint density at radius 1 is 1.53 bits per heavy atom. The molecule has 5 heteroatoms. The Bertz CT molecular complexity index is 467.